The Morgan fingerprint density at radius 1 is 1.06 bits per heavy atom. The van der Waals surface area contributed by atoms with Crippen molar-refractivity contribution in [3.05, 3.63) is 65.2 Å². The number of rotatable bonds is 5. The van der Waals surface area contributed by atoms with Crippen molar-refractivity contribution in [2.45, 2.75) is 63.8 Å². The summed E-state index contributed by atoms with van der Waals surface area (Å²) in [6, 6.07) is 15.7. The van der Waals surface area contributed by atoms with Crippen molar-refractivity contribution in [1.29, 1.82) is 0 Å². The lowest BCUT2D eigenvalue weighted by Crippen LogP contribution is -2.45. The van der Waals surface area contributed by atoms with Crippen LogP contribution in [-0.2, 0) is 20.8 Å². The molecule has 2 N–H and O–H groups in total. The molecule has 1 saturated heterocycles. The van der Waals surface area contributed by atoms with Crippen LogP contribution >= 0.6 is 0 Å². The van der Waals surface area contributed by atoms with E-state index in [0.29, 0.717) is 18.0 Å². The van der Waals surface area contributed by atoms with Gasteiger partial charge in [-0.2, -0.15) is 0 Å². The molecule has 2 aromatic rings. The molecule has 5 nitrogen and oxygen atoms in total. The second-order valence-electron chi connectivity index (χ2n) is 9.23. The van der Waals surface area contributed by atoms with Gasteiger partial charge in [-0.3, -0.25) is 14.4 Å². The third-order valence-electron chi connectivity index (χ3n) is 6.62. The summed E-state index contributed by atoms with van der Waals surface area (Å²) >= 11 is 0. The quantitative estimate of drug-likeness (QED) is 0.711. The van der Waals surface area contributed by atoms with Gasteiger partial charge in [-0.25, -0.2) is 0 Å². The molecule has 0 bridgehead atoms. The Hall–Kier alpha value is -2.95. The standard InChI is InChI=1S/C26H30N2O3/c1-17-7-6-8-18(15-17)16-26(2)23(29)22(25(31)28-26)24(30)27-21-13-11-20(12-14-21)19-9-4-3-5-10-19/h6-8,11-15,19,22H,3-5,9-10,16H2,1-2H3,(H,27,30)(H,28,31). The van der Waals surface area contributed by atoms with Gasteiger partial charge in [0.05, 0.1) is 0 Å². The highest BCUT2D eigenvalue weighted by Crippen LogP contribution is 2.33. The number of benzene rings is 2. The summed E-state index contributed by atoms with van der Waals surface area (Å²) in [6.07, 6.45) is 6.63. The average Bonchev–Trinajstić information content (AvgIpc) is 2.97. The van der Waals surface area contributed by atoms with Crippen molar-refractivity contribution in [1.82, 2.24) is 5.32 Å². The molecular formula is C26H30N2O3. The molecule has 5 heteroatoms. The van der Waals surface area contributed by atoms with E-state index in [-0.39, 0.29) is 5.78 Å². The number of aryl methyl sites for hydroxylation is 1. The van der Waals surface area contributed by atoms with Gasteiger partial charge in [0.15, 0.2) is 11.7 Å². The molecule has 2 atom stereocenters. The molecule has 4 rings (SSSR count). The van der Waals surface area contributed by atoms with E-state index in [1.54, 1.807) is 6.92 Å². The second kappa shape index (κ2) is 8.66. The Balaban J connectivity index is 1.43. The molecule has 31 heavy (non-hydrogen) atoms. The van der Waals surface area contributed by atoms with E-state index in [9.17, 15) is 14.4 Å². The first-order valence-electron chi connectivity index (χ1n) is 11.2. The number of amides is 2. The fourth-order valence-corrected chi connectivity index (χ4v) is 4.93. The van der Waals surface area contributed by atoms with Crippen molar-refractivity contribution in [2.75, 3.05) is 5.32 Å². The molecule has 0 aromatic heterocycles. The molecular weight excluding hydrogens is 388 g/mol. The molecule has 2 unspecified atom stereocenters. The number of Topliss-reactive ketones (excluding diaryl/α,β-unsaturated/α-hetero) is 1. The van der Waals surface area contributed by atoms with Crippen molar-refractivity contribution in [3.63, 3.8) is 0 Å². The van der Waals surface area contributed by atoms with Crippen LogP contribution in [0.5, 0.6) is 0 Å². The van der Waals surface area contributed by atoms with Gasteiger partial charge in [-0.1, -0.05) is 61.2 Å². The lowest BCUT2D eigenvalue weighted by molar-refractivity contribution is -0.135. The van der Waals surface area contributed by atoms with Gasteiger partial charge in [-0.05, 0) is 55.9 Å². The van der Waals surface area contributed by atoms with Crippen LogP contribution in [0.3, 0.4) is 0 Å². The fourth-order valence-electron chi connectivity index (χ4n) is 4.93. The van der Waals surface area contributed by atoms with Gasteiger partial charge in [-0.15, -0.1) is 0 Å². The molecule has 0 spiro atoms. The van der Waals surface area contributed by atoms with Gasteiger partial charge in [0.1, 0.15) is 5.54 Å². The summed E-state index contributed by atoms with van der Waals surface area (Å²) < 4.78 is 0. The molecule has 1 aliphatic heterocycles. The monoisotopic (exact) mass is 418 g/mol. The molecule has 2 aromatic carbocycles. The first kappa shape index (κ1) is 21.3. The van der Waals surface area contributed by atoms with Crippen LogP contribution in [-0.4, -0.2) is 23.1 Å². The Morgan fingerprint density at radius 3 is 2.45 bits per heavy atom. The largest absolute Gasteiger partial charge is 0.342 e. The Morgan fingerprint density at radius 2 is 1.77 bits per heavy atom. The highest BCUT2D eigenvalue weighted by molar-refractivity contribution is 6.27. The summed E-state index contributed by atoms with van der Waals surface area (Å²) in [5.41, 5.74) is 2.85. The minimum absolute atomic E-state index is 0.360. The van der Waals surface area contributed by atoms with Gasteiger partial charge in [0.25, 0.3) is 0 Å². The van der Waals surface area contributed by atoms with E-state index in [2.05, 4.69) is 10.6 Å². The maximum Gasteiger partial charge on any atom is 0.244 e. The molecule has 2 aliphatic rings. The van der Waals surface area contributed by atoms with Gasteiger partial charge >= 0.3 is 0 Å². The molecule has 1 aliphatic carbocycles. The third kappa shape index (κ3) is 4.55. The van der Waals surface area contributed by atoms with Crippen LogP contribution in [0.2, 0.25) is 0 Å². The minimum atomic E-state index is -1.33. The number of carbonyl (C=O) groups excluding carboxylic acids is 3. The summed E-state index contributed by atoms with van der Waals surface area (Å²) in [5, 5.41) is 5.53. The predicted octanol–water partition coefficient (Wildman–Crippen LogP) is 4.30. The summed E-state index contributed by atoms with van der Waals surface area (Å²) in [7, 11) is 0. The van der Waals surface area contributed by atoms with Crippen molar-refractivity contribution in [2.24, 2.45) is 5.92 Å². The van der Waals surface area contributed by atoms with E-state index < -0.39 is 23.3 Å². The number of nitrogens with one attached hydrogen (secondary N) is 2. The smallest absolute Gasteiger partial charge is 0.244 e. The van der Waals surface area contributed by atoms with Crippen molar-refractivity contribution >= 4 is 23.3 Å². The first-order chi connectivity index (χ1) is 14.9. The second-order valence-corrected chi connectivity index (χ2v) is 9.23. The first-order valence-corrected chi connectivity index (χ1v) is 11.2. The molecule has 1 saturated carbocycles. The lowest BCUT2D eigenvalue weighted by atomic mass is 9.84. The average molecular weight is 419 g/mol. The Bertz CT molecular complexity index is 992. The van der Waals surface area contributed by atoms with Crippen molar-refractivity contribution < 1.29 is 14.4 Å². The molecule has 0 radical (unpaired) electrons. The van der Waals surface area contributed by atoms with E-state index in [4.69, 9.17) is 0 Å². The summed E-state index contributed by atoms with van der Waals surface area (Å²) in [6.45, 7) is 3.68. The van der Waals surface area contributed by atoms with Crippen molar-refractivity contribution in [3.8, 4) is 0 Å². The summed E-state index contributed by atoms with van der Waals surface area (Å²) in [4.78, 5) is 38.5. The van der Waals surface area contributed by atoms with Crippen LogP contribution in [0.15, 0.2) is 48.5 Å². The third-order valence-corrected chi connectivity index (χ3v) is 6.62. The summed E-state index contributed by atoms with van der Waals surface area (Å²) in [5.74, 6) is -2.22. The van der Waals surface area contributed by atoms with E-state index in [0.717, 1.165) is 11.1 Å². The maximum atomic E-state index is 13.1. The number of hydrogen-bond acceptors (Lipinski definition) is 3. The predicted molar refractivity (Wildman–Crippen MR) is 121 cm³/mol. The number of carbonyl (C=O) groups is 3. The van der Waals surface area contributed by atoms with Crippen LogP contribution in [0.1, 0.15) is 61.6 Å². The Kier molecular flexibility index (Phi) is 5.94. The molecule has 2 fully saturated rings. The zero-order chi connectivity index (χ0) is 22.0. The van der Waals surface area contributed by atoms with E-state index in [1.807, 2.05) is 55.5 Å². The normalized spacial score (nSPS) is 24.1. The highest BCUT2D eigenvalue weighted by atomic mass is 16.2. The fraction of sp³-hybridized carbons (Fsp3) is 0.423. The van der Waals surface area contributed by atoms with Crippen LogP contribution in [0.25, 0.3) is 0 Å². The zero-order valence-corrected chi connectivity index (χ0v) is 18.2. The number of ketones is 1. The minimum Gasteiger partial charge on any atom is -0.342 e. The SMILES string of the molecule is Cc1cccc(CC2(C)NC(=O)C(C(=O)Nc3ccc(C4CCCCC4)cc3)C2=O)c1. The van der Waals surface area contributed by atoms with Gasteiger partial charge < -0.3 is 10.6 Å². The highest BCUT2D eigenvalue weighted by Gasteiger charge is 2.52. The van der Waals surface area contributed by atoms with E-state index in [1.165, 1.54) is 37.7 Å². The molecule has 162 valence electrons. The molecule has 2 amide bonds. The Labute approximate surface area is 183 Å². The topological polar surface area (TPSA) is 75.3 Å². The number of anilines is 1. The van der Waals surface area contributed by atoms with Crippen LogP contribution in [0, 0.1) is 12.8 Å². The van der Waals surface area contributed by atoms with E-state index >= 15 is 0 Å². The van der Waals surface area contributed by atoms with Crippen LogP contribution < -0.4 is 10.6 Å². The van der Waals surface area contributed by atoms with Crippen LogP contribution in [0.4, 0.5) is 5.69 Å². The zero-order valence-electron chi connectivity index (χ0n) is 18.2. The number of hydrogen-bond donors (Lipinski definition) is 2. The molecule has 1 heterocycles. The van der Waals surface area contributed by atoms with Gasteiger partial charge in [0, 0.05) is 12.1 Å². The maximum absolute atomic E-state index is 13.1. The lowest BCUT2D eigenvalue weighted by Gasteiger charge is -2.23. The van der Waals surface area contributed by atoms with Gasteiger partial charge in [0.2, 0.25) is 11.8 Å².